The smallest absolute Gasteiger partial charge is 0.0544 e. The Morgan fingerprint density at radius 2 is 1.40 bits per heavy atom. The van der Waals surface area contributed by atoms with Gasteiger partial charge in [-0.3, -0.25) is 0 Å². The molecule has 0 aromatic rings. The van der Waals surface area contributed by atoms with Gasteiger partial charge in [-0.1, -0.05) is 12.7 Å². The first kappa shape index (κ1) is 15.6. The van der Waals surface area contributed by atoms with Crippen LogP contribution in [0.4, 0.5) is 0 Å². The van der Waals surface area contributed by atoms with Crippen LogP contribution in [0, 0.1) is 0 Å². The van der Waals surface area contributed by atoms with Crippen molar-refractivity contribution in [2.24, 2.45) is 0 Å². The first-order chi connectivity index (χ1) is 7.41. The Hall–Kier alpha value is 0.609. The lowest BCUT2D eigenvalue weighted by Gasteiger charge is -1.97. The van der Waals surface area contributed by atoms with Gasteiger partial charge in [0.1, 0.15) is 0 Å². The zero-order chi connectivity index (χ0) is 11.2. The molecule has 1 N–H and O–H groups in total. The lowest BCUT2D eigenvalue weighted by atomic mass is 8.89. The molecule has 11 radical (unpaired) electrons. The SMILES string of the molecule is [B][B][B][B][B][B][B][B][B][B]CCCCO. The van der Waals surface area contributed by atoms with Crippen LogP contribution < -0.4 is 0 Å². The van der Waals surface area contributed by atoms with E-state index in [9.17, 15) is 0 Å². The Morgan fingerprint density at radius 1 is 0.800 bits per heavy atom. The highest BCUT2D eigenvalue weighted by molar-refractivity contribution is 7.68. The van der Waals surface area contributed by atoms with E-state index in [1.807, 2.05) is 42.4 Å². The quantitative estimate of drug-likeness (QED) is 0.250. The number of aliphatic hydroxyl groups excluding tert-OH is 1. The lowest BCUT2D eigenvalue weighted by molar-refractivity contribution is 0.287. The van der Waals surface area contributed by atoms with E-state index in [2.05, 4.69) is 7.17 Å². The molecular formula is C4H9B10O. The van der Waals surface area contributed by atoms with Crippen molar-refractivity contribution in [3.05, 3.63) is 0 Å². The normalized spacial score (nSPS) is 8.33. The van der Waals surface area contributed by atoms with Gasteiger partial charge in [-0.25, -0.2) is 0 Å². The van der Waals surface area contributed by atoms with Crippen LogP contribution in [0.15, 0.2) is 0 Å². The van der Waals surface area contributed by atoms with E-state index in [4.69, 9.17) is 12.8 Å². The summed E-state index contributed by atoms with van der Waals surface area (Å²) in [6.45, 7) is 0.289. The van der Waals surface area contributed by atoms with Gasteiger partial charge in [0.25, 0.3) is 0 Å². The van der Waals surface area contributed by atoms with Crippen LogP contribution >= 0.6 is 0 Å². The van der Waals surface area contributed by atoms with E-state index in [1.54, 1.807) is 7.06 Å². The van der Waals surface area contributed by atoms with Crippen LogP contribution in [0.2, 0.25) is 6.32 Å². The zero-order valence-electron chi connectivity index (χ0n) is 9.05. The third-order valence-electron chi connectivity index (χ3n) is 1.69. The van der Waals surface area contributed by atoms with Crippen molar-refractivity contribution in [2.75, 3.05) is 6.61 Å². The fraction of sp³-hybridized carbons (Fsp3) is 1.00. The average molecular weight is 181 g/mol. The Kier molecular flexibility index (Phi) is 15.2. The first-order valence-corrected chi connectivity index (χ1v) is 5.22. The number of unbranched alkanes of at least 4 members (excludes halogenated alkanes) is 1. The molecule has 0 atom stereocenters. The van der Waals surface area contributed by atoms with Gasteiger partial charge in [0.05, 0.1) is 7.17 Å². The van der Waals surface area contributed by atoms with Crippen molar-refractivity contribution in [1.82, 2.24) is 0 Å². The molecule has 0 bridgehead atoms. The van der Waals surface area contributed by atoms with Crippen LogP contribution in [0.5, 0.6) is 0 Å². The number of rotatable bonds is 12. The fourth-order valence-electron chi connectivity index (χ4n) is 0.934. The van der Waals surface area contributed by atoms with Crippen molar-refractivity contribution >= 4 is 71.4 Å². The molecule has 0 spiro atoms. The molecule has 0 aliphatic carbocycles. The largest absolute Gasteiger partial charge is 0.396 e. The first-order valence-electron chi connectivity index (χ1n) is 5.22. The maximum absolute atomic E-state index is 8.54. The van der Waals surface area contributed by atoms with E-state index in [0.717, 1.165) is 19.2 Å². The fourth-order valence-corrected chi connectivity index (χ4v) is 0.934. The Bertz CT molecular complexity index is 102. The van der Waals surface area contributed by atoms with E-state index in [-0.39, 0.29) is 6.61 Å². The molecule has 0 heterocycles. The highest BCUT2D eigenvalue weighted by Crippen LogP contribution is 1.91. The predicted octanol–water partition coefficient (Wildman–Crippen LogP) is -3.08. The van der Waals surface area contributed by atoms with Crippen molar-refractivity contribution < 1.29 is 5.11 Å². The van der Waals surface area contributed by atoms with Gasteiger partial charge in [0.15, 0.2) is 0 Å². The Balaban J connectivity index is 2.81. The molecule has 11 heteroatoms. The summed E-state index contributed by atoms with van der Waals surface area (Å²) in [5, 5.41) is 8.54. The van der Waals surface area contributed by atoms with Gasteiger partial charge in [0, 0.05) is 70.8 Å². The monoisotopic (exact) mass is 183 g/mol. The molecule has 0 aromatic carbocycles. The Labute approximate surface area is 103 Å². The van der Waals surface area contributed by atoms with Gasteiger partial charge in [0.2, 0.25) is 0 Å². The minimum Gasteiger partial charge on any atom is -0.396 e. The summed E-state index contributed by atoms with van der Waals surface area (Å²) in [5.74, 6) is 0. The highest BCUT2D eigenvalue weighted by Gasteiger charge is 1.97. The summed E-state index contributed by atoms with van der Waals surface area (Å²) in [7, 11) is 22.2. The summed E-state index contributed by atoms with van der Waals surface area (Å²) in [4.78, 5) is 0. The van der Waals surface area contributed by atoms with Crippen LogP contribution in [-0.2, 0) is 0 Å². The topological polar surface area (TPSA) is 20.2 Å². The second kappa shape index (κ2) is 14.6. The summed E-state index contributed by atoms with van der Waals surface area (Å²) in [6, 6.07) is 0. The molecule has 0 aliphatic rings. The minimum absolute atomic E-state index is 0.289. The van der Waals surface area contributed by atoms with E-state index in [1.165, 1.54) is 7.06 Å². The average Bonchev–Trinajstić information content (AvgIpc) is 2.26. The maximum atomic E-state index is 8.54. The van der Waals surface area contributed by atoms with Gasteiger partial charge >= 0.3 is 0 Å². The van der Waals surface area contributed by atoms with Crippen LogP contribution in [0.1, 0.15) is 12.8 Å². The summed E-state index contributed by atoms with van der Waals surface area (Å²) < 4.78 is 0. The molecule has 0 saturated carbocycles. The van der Waals surface area contributed by atoms with Crippen LogP contribution in [0.3, 0.4) is 0 Å². The molecule has 0 aromatic heterocycles. The van der Waals surface area contributed by atoms with Gasteiger partial charge in [-0.05, 0) is 6.42 Å². The lowest BCUT2D eigenvalue weighted by Crippen LogP contribution is -2.31. The molecule has 1 nitrogen and oxygen atoms in total. The maximum Gasteiger partial charge on any atom is 0.0544 e. The van der Waals surface area contributed by atoms with Gasteiger partial charge < -0.3 is 5.11 Å². The molecule has 0 amide bonds. The van der Waals surface area contributed by atoms with Crippen molar-refractivity contribution in [1.29, 1.82) is 0 Å². The van der Waals surface area contributed by atoms with E-state index >= 15 is 0 Å². The molecule has 0 saturated heterocycles. The number of hydrogen-bond acceptors (Lipinski definition) is 1. The molecule has 0 fully saturated rings. The van der Waals surface area contributed by atoms with E-state index < -0.39 is 0 Å². The molecule has 0 unspecified atom stereocenters. The van der Waals surface area contributed by atoms with Crippen LogP contribution in [-0.4, -0.2) is 83.1 Å². The number of hydrogen-bond donors (Lipinski definition) is 1. The second-order valence-corrected chi connectivity index (χ2v) is 2.99. The third-order valence-corrected chi connectivity index (χ3v) is 1.69. The van der Waals surface area contributed by atoms with Crippen molar-refractivity contribution in [3.63, 3.8) is 0 Å². The van der Waals surface area contributed by atoms with Crippen LogP contribution in [0.25, 0.3) is 0 Å². The zero-order valence-corrected chi connectivity index (χ0v) is 9.05. The molecule has 15 heavy (non-hydrogen) atoms. The highest BCUT2D eigenvalue weighted by atomic mass is 16.2. The molecule has 61 valence electrons. The third kappa shape index (κ3) is 14.6. The summed E-state index contributed by atoms with van der Waals surface area (Å²) in [5.41, 5.74) is 0. The summed E-state index contributed by atoms with van der Waals surface area (Å²) >= 11 is 0. The summed E-state index contributed by atoms with van der Waals surface area (Å²) in [6.07, 6.45) is 2.96. The Morgan fingerprint density at radius 3 is 2.00 bits per heavy atom. The van der Waals surface area contributed by atoms with Crippen molar-refractivity contribution in [2.45, 2.75) is 19.2 Å². The van der Waals surface area contributed by atoms with Gasteiger partial charge in [-0.2, -0.15) is 0 Å². The van der Waals surface area contributed by atoms with Gasteiger partial charge in [-0.15, -0.1) is 0 Å². The minimum atomic E-state index is 0.289. The molecule has 0 rings (SSSR count). The number of aliphatic hydroxyl groups is 1. The molecule has 0 aliphatic heterocycles. The second-order valence-electron chi connectivity index (χ2n) is 2.99. The molecular weight excluding hydrogens is 172 g/mol. The van der Waals surface area contributed by atoms with Crippen molar-refractivity contribution in [3.8, 4) is 0 Å². The predicted molar refractivity (Wildman–Crippen MR) is 78.7 cm³/mol. The van der Waals surface area contributed by atoms with E-state index in [0.29, 0.717) is 0 Å². The standard InChI is InChI=1S/C4H9B10O/c5-7-9-11-13-14-12-10-8-6-3-1-2-4-15/h15H,1-4H2.